The molecule has 3 nitrogen and oxygen atoms in total. The summed E-state index contributed by atoms with van der Waals surface area (Å²) in [5.41, 5.74) is 4.74. The molecule has 0 aromatic heterocycles. The smallest absolute Gasteiger partial charge is 0.409 e. The van der Waals surface area contributed by atoms with Gasteiger partial charge in [0.1, 0.15) is 11.6 Å². The van der Waals surface area contributed by atoms with Crippen LogP contribution in [0.3, 0.4) is 0 Å². The second-order valence-corrected chi connectivity index (χ2v) is 3.66. The molecule has 19 heavy (non-hydrogen) atoms. The van der Waals surface area contributed by atoms with Gasteiger partial charge >= 0.3 is 6.09 Å². The third kappa shape index (κ3) is 2.67. The Morgan fingerprint density at radius 2 is 1.58 bits per heavy atom. The first-order valence-corrected chi connectivity index (χ1v) is 5.20. The molecule has 0 heterocycles. The van der Waals surface area contributed by atoms with Crippen LogP contribution >= 0.6 is 0 Å². The van der Waals surface area contributed by atoms with Crippen molar-refractivity contribution >= 4 is 6.09 Å². The third-order valence-electron chi connectivity index (χ3n) is 2.40. The fraction of sp³-hybridized carbons (Fsp3) is 0. The number of carbonyl (C=O) groups is 1. The van der Waals surface area contributed by atoms with Crippen LogP contribution in [0, 0.1) is 17.5 Å². The van der Waals surface area contributed by atoms with Gasteiger partial charge in [-0.15, -0.1) is 0 Å². The Bertz CT molecular complexity index is 644. The Labute approximate surface area is 106 Å². The fourth-order valence-electron chi connectivity index (χ4n) is 1.62. The van der Waals surface area contributed by atoms with Crippen LogP contribution in [0.1, 0.15) is 0 Å². The molecular formula is C13H8F3NO2. The maximum Gasteiger partial charge on any atom is 0.409 e. The minimum atomic E-state index is -1.30. The largest absolute Gasteiger partial charge is 0.410 e. The summed E-state index contributed by atoms with van der Waals surface area (Å²) in [7, 11) is 0. The molecule has 0 bridgehead atoms. The molecule has 0 aliphatic carbocycles. The number of rotatable bonds is 2. The molecule has 0 aliphatic heterocycles. The Morgan fingerprint density at radius 1 is 0.947 bits per heavy atom. The highest BCUT2D eigenvalue weighted by atomic mass is 19.2. The fourth-order valence-corrected chi connectivity index (χ4v) is 1.62. The summed E-state index contributed by atoms with van der Waals surface area (Å²) in [5.74, 6) is -3.51. The highest BCUT2D eigenvalue weighted by Gasteiger charge is 2.15. The molecular weight excluding hydrogens is 259 g/mol. The van der Waals surface area contributed by atoms with Gasteiger partial charge in [0, 0.05) is 17.2 Å². The first-order valence-electron chi connectivity index (χ1n) is 5.20. The number of halogens is 3. The number of primary amides is 1. The molecule has 0 spiro atoms. The molecule has 0 unspecified atom stereocenters. The third-order valence-corrected chi connectivity index (χ3v) is 2.40. The van der Waals surface area contributed by atoms with Crippen LogP contribution in [0.15, 0.2) is 36.4 Å². The van der Waals surface area contributed by atoms with Crippen LogP contribution in [0.25, 0.3) is 11.1 Å². The molecule has 0 aliphatic rings. The van der Waals surface area contributed by atoms with Crippen LogP contribution in [0.5, 0.6) is 5.75 Å². The maximum absolute atomic E-state index is 13.7. The maximum atomic E-state index is 13.7. The summed E-state index contributed by atoms with van der Waals surface area (Å²) in [5, 5.41) is 0. The van der Waals surface area contributed by atoms with E-state index in [4.69, 9.17) is 5.73 Å². The number of hydrogen-bond donors (Lipinski definition) is 1. The van der Waals surface area contributed by atoms with Crippen molar-refractivity contribution in [2.24, 2.45) is 5.73 Å². The molecule has 2 aromatic carbocycles. The van der Waals surface area contributed by atoms with Crippen LogP contribution in [-0.4, -0.2) is 6.09 Å². The van der Waals surface area contributed by atoms with Crippen LogP contribution in [-0.2, 0) is 0 Å². The normalized spacial score (nSPS) is 10.3. The van der Waals surface area contributed by atoms with Crippen molar-refractivity contribution in [1.82, 2.24) is 0 Å². The lowest BCUT2D eigenvalue weighted by Gasteiger charge is -2.09. The van der Waals surface area contributed by atoms with Crippen molar-refractivity contribution in [1.29, 1.82) is 0 Å². The molecule has 2 aromatic rings. The number of benzene rings is 2. The quantitative estimate of drug-likeness (QED) is 0.849. The molecule has 6 heteroatoms. The van der Waals surface area contributed by atoms with E-state index in [0.717, 1.165) is 0 Å². The monoisotopic (exact) mass is 267 g/mol. The predicted octanol–water partition coefficient (Wildman–Crippen LogP) is 3.23. The van der Waals surface area contributed by atoms with Crippen LogP contribution in [0.2, 0.25) is 0 Å². The first-order chi connectivity index (χ1) is 8.99. The average Bonchev–Trinajstić information content (AvgIpc) is 2.34. The number of carbonyl (C=O) groups excluding carboxylic acids is 1. The number of amides is 1. The molecule has 0 atom stereocenters. The zero-order valence-electron chi connectivity index (χ0n) is 9.49. The topological polar surface area (TPSA) is 52.3 Å². The number of para-hydroxylation sites is 1. The highest BCUT2D eigenvalue weighted by Crippen LogP contribution is 2.32. The second-order valence-electron chi connectivity index (χ2n) is 3.66. The van der Waals surface area contributed by atoms with Gasteiger partial charge in [-0.1, -0.05) is 18.2 Å². The van der Waals surface area contributed by atoms with Gasteiger partial charge in [-0.05, 0) is 12.1 Å². The van der Waals surface area contributed by atoms with Gasteiger partial charge < -0.3 is 10.5 Å². The SMILES string of the molecule is NC(=O)Oc1ccccc1-c1cc(F)c(F)cc1F. The van der Waals surface area contributed by atoms with Gasteiger partial charge in [0.25, 0.3) is 0 Å². The zero-order valence-corrected chi connectivity index (χ0v) is 9.49. The van der Waals surface area contributed by atoms with Gasteiger partial charge in [0.15, 0.2) is 11.6 Å². The van der Waals surface area contributed by atoms with Crippen molar-refractivity contribution in [3.8, 4) is 16.9 Å². The Balaban J connectivity index is 2.59. The van der Waals surface area contributed by atoms with Crippen molar-refractivity contribution in [2.75, 3.05) is 0 Å². The van der Waals surface area contributed by atoms with E-state index in [0.29, 0.717) is 12.1 Å². The van der Waals surface area contributed by atoms with Crippen molar-refractivity contribution < 1.29 is 22.7 Å². The summed E-state index contributed by atoms with van der Waals surface area (Å²) in [6.07, 6.45) is -1.09. The molecule has 98 valence electrons. The minimum Gasteiger partial charge on any atom is -0.410 e. The van der Waals surface area contributed by atoms with E-state index >= 15 is 0 Å². The first kappa shape index (κ1) is 12.9. The summed E-state index contributed by atoms with van der Waals surface area (Å²) in [4.78, 5) is 10.7. The van der Waals surface area contributed by atoms with Gasteiger partial charge in [0.05, 0.1) is 0 Å². The highest BCUT2D eigenvalue weighted by molar-refractivity contribution is 5.76. The molecule has 0 saturated heterocycles. The molecule has 0 saturated carbocycles. The molecule has 0 fully saturated rings. The Morgan fingerprint density at radius 3 is 2.26 bits per heavy atom. The van der Waals surface area contributed by atoms with E-state index in [1.54, 1.807) is 0 Å². The second kappa shape index (κ2) is 5.01. The van der Waals surface area contributed by atoms with Crippen molar-refractivity contribution in [2.45, 2.75) is 0 Å². The van der Waals surface area contributed by atoms with Crippen LogP contribution < -0.4 is 10.5 Å². The van der Waals surface area contributed by atoms with Gasteiger partial charge in [-0.2, -0.15) is 0 Å². The van der Waals surface area contributed by atoms with E-state index < -0.39 is 23.5 Å². The summed E-state index contributed by atoms with van der Waals surface area (Å²) >= 11 is 0. The lowest BCUT2D eigenvalue weighted by atomic mass is 10.0. The Hall–Kier alpha value is -2.50. The lowest BCUT2D eigenvalue weighted by Crippen LogP contribution is -2.16. The standard InChI is InChI=1S/C13H8F3NO2/c14-9-6-11(16)10(15)5-8(9)7-3-1-2-4-12(7)19-13(17)18/h1-6H,(H2,17,18). The molecule has 1 amide bonds. The minimum absolute atomic E-state index is 0.0418. The zero-order chi connectivity index (χ0) is 14.0. The van der Waals surface area contributed by atoms with E-state index in [-0.39, 0.29) is 16.9 Å². The lowest BCUT2D eigenvalue weighted by molar-refractivity contribution is 0.211. The van der Waals surface area contributed by atoms with Crippen LogP contribution in [0.4, 0.5) is 18.0 Å². The van der Waals surface area contributed by atoms with Gasteiger partial charge in [0.2, 0.25) is 0 Å². The van der Waals surface area contributed by atoms with E-state index in [1.807, 2.05) is 0 Å². The van der Waals surface area contributed by atoms with Gasteiger partial charge in [-0.25, -0.2) is 18.0 Å². The van der Waals surface area contributed by atoms with Crippen molar-refractivity contribution in [3.63, 3.8) is 0 Å². The summed E-state index contributed by atoms with van der Waals surface area (Å²) in [6, 6.07) is 6.93. The number of ether oxygens (including phenoxy) is 1. The van der Waals surface area contributed by atoms with E-state index in [1.165, 1.54) is 24.3 Å². The van der Waals surface area contributed by atoms with E-state index in [2.05, 4.69) is 4.74 Å². The molecule has 0 radical (unpaired) electrons. The number of nitrogens with two attached hydrogens (primary N) is 1. The Kier molecular flexibility index (Phi) is 3.41. The van der Waals surface area contributed by atoms with E-state index in [9.17, 15) is 18.0 Å². The molecule has 2 rings (SSSR count). The number of hydrogen-bond acceptors (Lipinski definition) is 2. The van der Waals surface area contributed by atoms with Gasteiger partial charge in [-0.3, -0.25) is 0 Å². The van der Waals surface area contributed by atoms with Crippen molar-refractivity contribution in [3.05, 3.63) is 53.8 Å². The average molecular weight is 267 g/mol. The predicted molar refractivity (Wildman–Crippen MR) is 62.0 cm³/mol. The summed E-state index contributed by atoms with van der Waals surface area (Å²) < 4.78 is 44.4. The summed E-state index contributed by atoms with van der Waals surface area (Å²) in [6.45, 7) is 0. The molecule has 2 N–H and O–H groups in total.